The molecule has 0 bridgehead atoms. The molecule has 0 unspecified atom stereocenters. The summed E-state index contributed by atoms with van der Waals surface area (Å²) in [6, 6.07) is 11.0. The quantitative estimate of drug-likeness (QED) is 0.683. The Morgan fingerprint density at radius 1 is 1.04 bits per heavy atom. The Kier molecular flexibility index (Phi) is 5.53. The highest BCUT2D eigenvalue weighted by atomic mass is 35.5. The number of nitrogens with one attached hydrogen (secondary N) is 1. The summed E-state index contributed by atoms with van der Waals surface area (Å²) < 4.78 is 6.01. The molecule has 128 valence electrons. The zero-order chi connectivity index (χ0) is 15.5. The van der Waals surface area contributed by atoms with Crippen molar-refractivity contribution in [3.05, 3.63) is 47.8 Å². The van der Waals surface area contributed by atoms with Crippen LogP contribution in [0.2, 0.25) is 0 Å². The molecule has 0 saturated carbocycles. The first-order valence-corrected chi connectivity index (χ1v) is 8.50. The molecule has 1 aromatic carbocycles. The third-order valence-electron chi connectivity index (χ3n) is 4.72. The number of nitrogens with zero attached hydrogens (tertiary/aromatic N) is 2. The number of hydrogen-bond acceptors (Lipinski definition) is 4. The van der Waals surface area contributed by atoms with Crippen molar-refractivity contribution in [1.82, 2.24) is 9.97 Å². The van der Waals surface area contributed by atoms with Crippen molar-refractivity contribution < 1.29 is 22.5 Å². The van der Waals surface area contributed by atoms with E-state index >= 15 is 0 Å². The van der Waals surface area contributed by atoms with E-state index in [9.17, 15) is 0 Å². The largest absolute Gasteiger partial charge is 1.00 e. The zero-order valence-electron chi connectivity index (χ0n) is 13.6. The Morgan fingerprint density at radius 3 is 2.46 bits per heavy atom. The predicted molar refractivity (Wildman–Crippen MR) is 88.6 cm³/mol. The van der Waals surface area contributed by atoms with E-state index in [-0.39, 0.29) is 12.4 Å². The van der Waals surface area contributed by atoms with Gasteiger partial charge in [0.2, 0.25) is 5.88 Å². The molecule has 2 heterocycles. The number of fused-ring (bicyclic) bond motifs is 1. The first-order chi connectivity index (χ1) is 11.4. The maximum Gasteiger partial charge on any atom is 0.218 e. The fourth-order valence-electron chi connectivity index (χ4n) is 3.54. The molecule has 1 aromatic heterocycles. The van der Waals surface area contributed by atoms with Gasteiger partial charge in [-0.25, -0.2) is 9.97 Å². The number of piperidine rings is 1. The van der Waals surface area contributed by atoms with E-state index in [2.05, 4.69) is 44.9 Å². The van der Waals surface area contributed by atoms with Crippen LogP contribution in [-0.2, 0) is 12.8 Å². The molecule has 3 N–H and O–H groups in total. The van der Waals surface area contributed by atoms with E-state index in [1.54, 1.807) is 6.33 Å². The van der Waals surface area contributed by atoms with Crippen LogP contribution >= 0.6 is 0 Å². The molecule has 1 aliphatic heterocycles. The van der Waals surface area contributed by atoms with Crippen LogP contribution in [0.4, 0.5) is 5.82 Å². The monoisotopic (exact) mass is 346 g/mol. The van der Waals surface area contributed by atoms with Crippen molar-refractivity contribution in [1.29, 1.82) is 0 Å². The van der Waals surface area contributed by atoms with Gasteiger partial charge in [-0.2, -0.15) is 0 Å². The molecule has 2 aliphatic rings. The highest BCUT2D eigenvalue weighted by Gasteiger charge is 2.22. The second-order valence-electron chi connectivity index (χ2n) is 6.44. The standard InChI is InChI=1S/C18H22N4O.ClH/c1-2-4-14-10-15(9-13(14)3-1)22-17-11-18(21-12-20-17)23-16-5-7-19-8-6-16;/h1-4,11-12,15-16,19H,5-10H2,(H,20,21,22);1H. The molecular weight excluding hydrogens is 324 g/mol. The number of rotatable bonds is 4. The topological polar surface area (TPSA) is 63.6 Å². The van der Waals surface area contributed by atoms with Crippen molar-refractivity contribution in [2.45, 2.75) is 37.8 Å². The second-order valence-corrected chi connectivity index (χ2v) is 6.44. The number of hydrogen-bond donors (Lipinski definition) is 2. The fraction of sp³-hybridized carbons (Fsp3) is 0.444. The van der Waals surface area contributed by atoms with Crippen LogP contribution in [0.5, 0.6) is 5.88 Å². The van der Waals surface area contributed by atoms with Gasteiger partial charge in [-0.05, 0) is 24.0 Å². The Morgan fingerprint density at radius 2 is 1.75 bits per heavy atom. The van der Waals surface area contributed by atoms with E-state index in [0.717, 1.165) is 44.6 Å². The van der Waals surface area contributed by atoms with E-state index in [1.165, 1.54) is 11.1 Å². The summed E-state index contributed by atoms with van der Waals surface area (Å²) in [7, 11) is 0. The number of benzene rings is 1. The number of nitrogens with two attached hydrogens (primary N) is 1. The first kappa shape index (κ1) is 17.0. The highest BCUT2D eigenvalue weighted by Crippen LogP contribution is 2.24. The maximum atomic E-state index is 6.01. The van der Waals surface area contributed by atoms with Crippen LogP contribution in [0, 0.1) is 0 Å². The molecule has 4 rings (SSSR count). The minimum atomic E-state index is 0. The SMILES string of the molecule is [Cl-].c1ccc2c(c1)CC(Nc1cc(OC3CC[NH2+]CC3)ncn1)C2. The Labute approximate surface area is 148 Å². The molecule has 6 heteroatoms. The average molecular weight is 347 g/mol. The number of halogens is 1. The van der Waals surface area contributed by atoms with Crippen molar-refractivity contribution in [2.24, 2.45) is 0 Å². The number of aromatic nitrogens is 2. The molecule has 1 saturated heterocycles. The Balaban J connectivity index is 0.00000169. The lowest BCUT2D eigenvalue weighted by atomic mass is 10.1. The molecule has 0 atom stereocenters. The van der Waals surface area contributed by atoms with Gasteiger partial charge in [0.25, 0.3) is 0 Å². The smallest absolute Gasteiger partial charge is 0.218 e. The van der Waals surface area contributed by atoms with Gasteiger partial charge in [-0.15, -0.1) is 0 Å². The second kappa shape index (κ2) is 7.81. The Hall–Kier alpha value is -1.85. The van der Waals surface area contributed by atoms with E-state index in [1.807, 2.05) is 6.07 Å². The van der Waals surface area contributed by atoms with Gasteiger partial charge >= 0.3 is 0 Å². The summed E-state index contributed by atoms with van der Waals surface area (Å²) in [6.45, 7) is 2.28. The third kappa shape index (κ3) is 3.97. The van der Waals surface area contributed by atoms with Crippen LogP contribution in [0.25, 0.3) is 0 Å². The molecule has 5 nitrogen and oxygen atoms in total. The fourth-order valence-corrected chi connectivity index (χ4v) is 3.54. The lowest BCUT2D eigenvalue weighted by molar-refractivity contribution is -0.664. The van der Waals surface area contributed by atoms with E-state index < -0.39 is 0 Å². The molecule has 24 heavy (non-hydrogen) atoms. The predicted octanol–water partition coefficient (Wildman–Crippen LogP) is -1.84. The average Bonchev–Trinajstić information content (AvgIpc) is 2.98. The lowest BCUT2D eigenvalue weighted by Gasteiger charge is -2.21. The summed E-state index contributed by atoms with van der Waals surface area (Å²) in [5.41, 5.74) is 2.88. The Bertz CT molecular complexity index is 651. The number of quaternary nitrogens is 1. The summed E-state index contributed by atoms with van der Waals surface area (Å²) in [5.74, 6) is 1.54. The minimum Gasteiger partial charge on any atom is -1.00 e. The normalized spacial score (nSPS) is 17.8. The van der Waals surface area contributed by atoms with Gasteiger partial charge in [0.1, 0.15) is 18.2 Å². The van der Waals surface area contributed by atoms with Crippen molar-refractivity contribution >= 4 is 5.82 Å². The van der Waals surface area contributed by atoms with Crippen molar-refractivity contribution in [3.8, 4) is 5.88 Å². The molecule has 1 fully saturated rings. The minimum absolute atomic E-state index is 0. The van der Waals surface area contributed by atoms with E-state index in [0.29, 0.717) is 18.0 Å². The molecule has 1 aliphatic carbocycles. The summed E-state index contributed by atoms with van der Waals surface area (Å²) in [5, 5.41) is 5.87. The molecule has 0 amide bonds. The molecular formula is C18H23ClN4O. The van der Waals surface area contributed by atoms with Gasteiger partial charge in [-0.3, -0.25) is 0 Å². The highest BCUT2D eigenvalue weighted by molar-refractivity contribution is 5.42. The van der Waals surface area contributed by atoms with Crippen LogP contribution in [-0.4, -0.2) is 35.2 Å². The van der Waals surface area contributed by atoms with Gasteiger partial charge in [0, 0.05) is 24.9 Å². The van der Waals surface area contributed by atoms with E-state index in [4.69, 9.17) is 4.74 Å². The van der Waals surface area contributed by atoms with Crippen LogP contribution in [0.1, 0.15) is 24.0 Å². The van der Waals surface area contributed by atoms with Crippen LogP contribution in [0.3, 0.4) is 0 Å². The summed E-state index contributed by atoms with van der Waals surface area (Å²) in [4.78, 5) is 8.61. The van der Waals surface area contributed by atoms with Gasteiger partial charge in [-0.1, -0.05) is 24.3 Å². The number of anilines is 1. The third-order valence-corrected chi connectivity index (χ3v) is 4.72. The summed E-state index contributed by atoms with van der Waals surface area (Å²) >= 11 is 0. The number of ether oxygens (including phenoxy) is 1. The van der Waals surface area contributed by atoms with Gasteiger partial charge in [0.15, 0.2) is 0 Å². The zero-order valence-corrected chi connectivity index (χ0v) is 14.4. The maximum absolute atomic E-state index is 6.01. The molecule has 0 radical (unpaired) electrons. The van der Waals surface area contributed by atoms with Gasteiger partial charge in [0.05, 0.1) is 13.1 Å². The first-order valence-electron chi connectivity index (χ1n) is 8.50. The van der Waals surface area contributed by atoms with Crippen molar-refractivity contribution in [2.75, 3.05) is 18.4 Å². The van der Waals surface area contributed by atoms with Crippen LogP contribution in [0.15, 0.2) is 36.7 Å². The molecule has 0 spiro atoms. The lowest BCUT2D eigenvalue weighted by Crippen LogP contribution is -3.00. The molecule has 2 aromatic rings. The van der Waals surface area contributed by atoms with Crippen molar-refractivity contribution in [3.63, 3.8) is 0 Å². The van der Waals surface area contributed by atoms with Gasteiger partial charge < -0.3 is 27.8 Å². The summed E-state index contributed by atoms with van der Waals surface area (Å²) in [6.07, 6.45) is 6.16. The van der Waals surface area contributed by atoms with Crippen LogP contribution < -0.4 is 27.8 Å².